The maximum absolute atomic E-state index is 15.1. The van der Waals surface area contributed by atoms with E-state index in [1.807, 2.05) is 36.1 Å². The lowest BCUT2D eigenvalue weighted by atomic mass is 9.55. The number of hydrogen-bond acceptors (Lipinski definition) is 12. The van der Waals surface area contributed by atoms with Crippen LogP contribution in [0.1, 0.15) is 110 Å². The van der Waals surface area contributed by atoms with Crippen molar-refractivity contribution in [1.29, 1.82) is 0 Å². The molecule has 13 heteroatoms. The Kier molecular flexibility index (Phi) is 14.5. The zero-order valence-electron chi connectivity index (χ0n) is 36.2. The lowest BCUT2D eigenvalue weighted by molar-refractivity contribution is -0.254. The molecule has 5 aliphatic rings. The van der Waals surface area contributed by atoms with Gasteiger partial charge in [0.05, 0.1) is 24.8 Å². The van der Waals surface area contributed by atoms with Crippen LogP contribution < -0.4 is 18.9 Å². The number of nitrogens with zero attached hydrogens (tertiary/aromatic N) is 2. The van der Waals surface area contributed by atoms with Gasteiger partial charge in [-0.3, -0.25) is 9.59 Å². The number of ether oxygens (including phenoxy) is 6. The summed E-state index contributed by atoms with van der Waals surface area (Å²) in [5.41, 5.74) is 3.51. The summed E-state index contributed by atoms with van der Waals surface area (Å²) in [5, 5.41) is 24.9. The van der Waals surface area contributed by atoms with E-state index in [2.05, 4.69) is 12.7 Å². The number of benzene rings is 3. The van der Waals surface area contributed by atoms with Gasteiger partial charge in [-0.2, -0.15) is 0 Å². The van der Waals surface area contributed by atoms with E-state index in [1.54, 1.807) is 42.5 Å². The summed E-state index contributed by atoms with van der Waals surface area (Å²) in [6.45, 7) is 7.48. The van der Waals surface area contributed by atoms with Crippen LogP contribution in [0.25, 0.3) is 0 Å². The first-order valence-corrected chi connectivity index (χ1v) is 22.7. The van der Waals surface area contributed by atoms with Gasteiger partial charge in [-0.05, 0) is 111 Å². The molecular weight excluding hydrogens is 805 g/mol. The Morgan fingerprint density at radius 3 is 2.56 bits per heavy atom. The van der Waals surface area contributed by atoms with E-state index in [4.69, 9.17) is 38.4 Å². The number of amides is 1. The normalized spacial score (nSPS) is 26.1. The van der Waals surface area contributed by atoms with Crippen LogP contribution in [-0.4, -0.2) is 90.9 Å². The van der Waals surface area contributed by atoms with E-state index in [1.165, 1.54) is 0 Å². The number of unbranched alkanes of at least 4 members (excludes halogenated alkanes) is 2. The first-order valence-electron chi connectivity index (χ1n) is 22.7. The number of rotatable bonds is 20. The second kappa shape index (κ2) is 20.5. The van der Waals surface area contributed by atoms with Crippen LogP contribution >= 0.6 is 0 Å². The molecule has 2 N–H and O–H groups in total. The van der Waals surface area contributed by atoms with Crippen molar-refractivity contribution in [2.75, 3.05) is 39.8 Å². The lowest BCUT2D eigenvalue weighted by Crippen LogP contribution is -2.70. The first kappa shape index (κ1) is 44.4. The zero-order valence-corrected chi connectivity index (χ0v) is 36.2. The molecular formula is C50H60N2O11. The molecule has 8 rings (SSSR count). The molecule has 2 fully saturated rings. The quantitative estimate of drug-likeness (QED) is 0.0485. The monoisotopic (exact) mass is 864 g/mol. The van der Waals surface area contributed by atoms with E-state index in [-0.39, 0.29) is 56.7 Å². The molecule has 0 bridgehead atoms. The summed E-state index contributed by atoms with van der Waals surface area (Å²) in [7, 11) is 0. The van der Waals surface area contributed by atoms with Gasteiger partial charge in [-0.1, -0.05) is 49.2 Å². The van der Waals surface area contributed by atoms with Gasteiger partial charge in [0.1, 0.15) is 29.6 Å². The number of oxime groups is 1. The minimum atomic E-state index is -1.43. The Labute approximate surface area is 369 Å². The van der Waals surface area contributed by atoms with Gasteiger partial charge in [-0.15, -0.1) is 6.58 Å². The minimum Gasteiger partial charge on any atom is -0.459 e. The SMILES string of the molecule is C=CCO[C@@]12Oc3ccc(Oc4cccc(C=O)c4)cc3[C@H]3[C@H](CCCCO)[C@@H](CCCCO)C=C(C(=NOC4CCCCO4)C[C@@H]1N(CCC)C(=O)c1ccc4c(c1)OCO4)[C@H]32. The predicted molar refractivity (Wildman–Crippen MR) is 235 cm³/mol. The number of carbonyl (C=O) groups excluding carboxylic acids is 2. The topological polar surface area (TPSA) is 155 Å². The average molecular weight is 865 g/mol. The minimum absolute atomic E-state index is 0.0266. The van der Waals surface area contributed by atoms with Gasteiger partial charge in [0.15, 0.2) is 11.5 Å². The van der Waals surface area contributed by atoms with Gasteiger partial charge >= 0.3 is 0 Å². The molecule has 3 aromatic carbocycles. The third-order valence-electron chi connectivity index (χ3n) is 13.0. The molecule has 0 spiro atoms. The van der Waals surface area contributed by atoms with E-state index in [0.717, 1.165) is 55.9 Å². The summed E-state index contributed by atoms with van der Waals surface area (Å²) in [6, 6.07) is 17.4. The highest BCUT2D eigenvalue weighted by Gasteiger charge is 2.65. The fourth-order valence-electron chi connectivity index (χ4n) is 10.3. The Hall–Kier alpha value is -5.21. The second-order valence-corrected chi connectivity index (χ2v) is 17.0. The molecule has 0 aromatic heterocycles. The molecule has 13 nitrogen and oxygen atoms in total. The van der Waals surface area contributed by atoms with Gasteiger partial charge in [0, 0.05) is 55.2 Å². The molecule has 336 valence electrons. The van der Waals surface area contributed by atoms with Crippen molar-refractivity contribution in [3.63, 3.8) is 0 Å². The molecule has 1 saturated carbocycles. The Morgan fingerprint density at radius 2 is 1.78 bits per heavy atom. The molecule has 0 radical (unpaired) electrons. The van der Waals surface area contributed by atoms with Crippen molar-refractivity contribution in [3.05, 3.63) is 102 Å². The molecule has 7 atom stereocenters. The predicted octanol–water partition coefficient (Wildman–Crippen LogP) is 8.73. The summed E-state index contributed by atoms with van der Waals surface area (Å²) >= 11 is 0. The summed E-state index contributed by atoms with van der Waals surface area (Å²) in [5.74, 6) is 0.507. The van der Waals surface area contributed by atoms with Gasteiger partial charge in [-0.25, -0.2) is 0 Å². The summed E-state index contributed by atoms with van der Waals surface area (Å²) < 4.78 is 38.3. The van der Waals surface area contributed by atoms with Crippen molar-refractivity contribution in [2.24, 2.45) is 22.9 Å². The standard InChI is InChI=1S/C50H60N2O11/c1-3-21-52(49(56)35-17-19-43-44(28-35)59-32-58-43)45-30-41(51-63-46-16-7-10-25-57-46)39-27-34(13-5-8-22-53)38(15-6-9-23-54)47-40-29-37(61-36-14-11-12-33(26-36)31-55)18-20-42(40)62-50(45,48(39)47)60-24-4-2/h4,11-12,14,17-20,26-29,31,34,38,45-48,53-54H,2-3,5-10,13,15-16,21-25,30,32H2,1H3/t34-,38+,45-,46?,47+,48+,50+/m0/s1. The summed E-state index contributed by atoms with van der Waals surface area (Å²) in [6.07, 6.45) is 12.4. The maximum atomic E-state index is 15.1. The second-order valence-electron chi connectivity index (χ2n) is 17.0. The molecule has 3 aromatic rings. The van der Waals surface area contributed by atoms with Crippen LogP contribution in [0.3, 0.4) is 0 Å². The Morgan fingerprint density at radius 1 is 0.968 bits per heavy atom. The number of hydrogen-bond donors (Lipinski definition) is 2. The number of aliphatic hydroxyl groups excluding tert-OH is 2. The molecule has 1 unspecified atom stereocenters. The van der Waals surface area contributed by atoms with Crippen molar-refractivity contribution < 1.29 is 53.1 Å². The fraction of sp³-hybridized carbons (Fsp3) is 0.500. The van der Waals surface area contributed by atoms with E-state index in [9.17, 15) is 15.0 Å². The van der Waals surface area contributed by atoms with Crippen LogP contribution in [0.4, 0.5) is 0 Å². The van der Waals surface area contributed by atoms with Crippen molar-refractivity contribution >= 4 is 17.9 Å². The molecule has 63 heavy (non-hydrogen) atoms. The molecule has 1 saturated heterocycles. The van der Waals surface area contributed by atoms with Crippen LogP contribution in [0.2, 0.25) is 0 Å². The van der Waals surface area contributed by atoms with Crippen LogP contribution in [0.15, 0.2) is 90.1 Å². The molecule has 3 aliphatic heterocycles. The number of carbonyl (C=O) groups is 2. The number of fused-ring (bicyclic) bond motifs is 3. The van der Waals surface area contributed by atoms with Crippen molar-refractivity contribution in [2.45, 2.75) is 102 Å². The summed E-state index contributed by atoms with van der Waals surface area (Å²) in [4.78, 5) is 35.0. The lowest BCUT2D eigenvalue weighted by Gasteiger charge is -2.60. The van der Waals surface area contributed by atoms with Gasteiger partial charge in [0.2, 0.25) is 18.9 Å². The molecule has 2 aliphatic carbocycles. The van der Waals surface area contributed by atoms with E-state index < -0.39 is 24.0 Å². The average Bonchev–Trinajstić information content (AvgIpc) is 3.79. The number of aliphatic hydroxyl groups is 2. The fourth-order valence-corrected chi connectivity index (χ4v) is 10.3. The smallest absolute Gasteiger partial charge is 0.254 e. The highest BCUT2D eigenvalue weighted by atomic mass is 16.8. The molecule has 3 heterocycles. The van der Waals surface area contributed by atoms with Crippen LogP contribution in [0, 0.1) is 17.8 Å². The van der Waals surface area contributed by atoms with E-state index >= 15 is 4.79 Å². The number of aldehydes is 1. The van der Waals surface area contributed by atoms with Crippen molar-refractivity contribution in [3.8, 4) is 28.7 Å². The third kappa shape index (κ3) is 9.38. The van der Waals surface area contributed by atoms with Gasteiger partial charge < -0.3 is 48.4 Å². The van der Waals surface area contributed by atoms with Crippen LogP contribution in [-0.2, 0) is 14.3 Å². The third-order valence-corrected chi connectivity index (χ3v) is 13.0. The highest BCUT2D eigenvalue weighted by molar-refractivity contribution is 6.03. The largest absolute Gasteiger partial charge is 0.459 e. The highest BCUT2D eigenvalue weighted by Crippen LogP contribution is 2.62. The number of allylic oxidation sites excluding steroid dienone is 1. The Bertz CT molecular complexity index is 2150. The van der Waals surface area contributed by atoms with Gasteiger partial charge in [0.25, 0.3) is 5.91 Å². The Balaban J connectivity index is 1.32. The first-order chi connectivity index (χ1) is 30.9. The zero-order chi connectivity index (χ0) is 43.8. The molecule has 1 amide bonds. The van der Waals surface area contributed by atoms with Crippen molar-refractivity contribution in [1.82, 2.24) is 4.90 Å². The van der Waals surface area contributed by atoms with Crippen LogP contribution in [0.5, 0.6) is 28.7 Å². The van der Waals surface area contributed by atoms with E-state index in [0.29, 0.717) is 84.4 Å². The maximum Gasteiger partial charge on any atom is 0.254 e.